The van der Waals surface area contributed by atoms with E-state index in [0.29, 0.717) is 5.92 Å². The minimum absolute atomic E-state index is 0.672. The molecule has 0 N–H and O–H groups in total. The highest BCUT2D eigenvalue weighted by Crippen LogP contribution is 2.42. The fourth-order valence-corrected chi connectivity index (χ4v) is 5.64. The highest BCUT2D eigenvalue weighted by molar-refractivity contribution is 5.22. The van der Waals surface area contributed by atoms with Crippen LogP contribution >= 0.6 is 0 Å². The van der Waals surface area contributed by atoms with Gasteiger partial charge in [0.2, 0.25) is 0 Å². The second-order valence-corrected chi connectivity index (χ2v) is 9.36. The number of hydrogen-bond acceptors (Lipinski definition) is 1. The van der Waals surface area contributed by atoms with Crippen LogP contribution in [0.5, 0.6) is 0 Å². The maximum absolute atomic E-state index is 8.70. The molecule has 2 fully saturated rings. The van der Waals surface area contributed by atoms with Gasteiger partial charge in [-0.05, 0) is 92.6 Å². The van der Waals surface area contributed by atoms with Gasteiger partial charge in [-0.1, -0.05) is 62.9 Å². The van der Waals surface area contributed by atoms with Crippen LogP contribution in [0.2, 0.25) is 0 Å². The van der Waals surface area contributed by atoms with Crippen molar-refractivity contribution >= 4 is 0 Å². The summed E-state index contributed by atoms with van der Waals surface area (Å²) in [5.41, 5.74) is 2.97. The smallest absolute Gasteiger partial charge is 0.0908 e. The van der Waals surface area contributed by atoms with E-state index in [2.05, 4.69) is 43.3 Å². The third kappa shape index (κ3) is 6.51. The van der Waals surface area contributed by atoms with E-state index in [9.17, 15) is 0 Å². The number of nitriles is 1. The Morgan fingerprint density at radius 3 is 2.07 bits per heavy atom. The number of hydrogen-bond donors (Lipinski definition) is 0. The molecule has 1 aromatic rings. The zero-order valence-corrected chi connectivity index (χ0v) is 17.9. The zero-order valence-electron chi connectivity index (χ0n) is 17.9. The number of aryl methyl sites for hydroxylation is 2. The third-order valence-corrected chi connectivity index (χ3v) is 7.58. The molecule has 1 heteroatoms. The maximum atomic E-state index is 8.70. The van der Waals surface area contributed by atoms with Gasteiger partial charge in [-0.3, -0.25) is 0 Å². The van der Waals surface area contributed by atoms with Crippen LogP contribution in [0, 0.1) is 35.0 Å². The van der Waals surface area contributed by atoms with Crippen molar-refractivity contribution in [3.63, 3.8) is 0 Å². The van der Waals surface area contributed by atoms with Gasteiger partial charge in [0, 0.05) is 6.08 Å². The zero-order chi connectivity index (χ0) is 19.6. The van der Waals surface area contributed by atoms with Gasteiger partial charge in [-0.2, -0.15) is 5.26 Å². The quantitative estimate of drug-likeness (QED) is 0.337. The molecule has 2 aliphatic carbocycles. The van der Waals surface area contributed by atoms with Gasteiger partial charge < -0.3 is 0 Å². The second kappa shape index (κ2) is 11.5. The molecule has 0 bridgehead atoms. The number of rotatable bonds is 8. The van der Waals surface area contributed by atoms with Gasteiger partial charge in [0.15, 0.2) is 0 Å². The molecule has 0 unspecified atom stereocenters. The lowest BCUT2D eigenvalue weighted by Crippen LogP contribution is -2.25. The Balaban J connectivity index is 1.28. The number of nitrogens with zero attached hydrogens (tertiary/aromatic N) is 1. The molecule has 152 valence electrons. The predicted octanol–water partition coefficient (Wildman–Crippen LogP) is 7.65. The first-order chi connectivity index (χ1) is 13.8. The fourth-order valence-electron chi connectivity index (χ4n) is 5.64. The highest BCUT2D eigenvalue weighted by Gasteiger charge is 2.30. The van der Waals surface area contributed by atoms with Gasteiger partial charge in [-0.15, -0.1) is 0 Å². The highest BCUT2D eigenvalue weighted by atomic mass is 14.4. The molecule has 3 rings (SSSR count). The first-order valence-electron chi connectivity index (χ1n) is 11.9. The molecule has 0 aromatic heterocycles. The molecule has 28 heavy (non-hydrogen) atoms. The summed E-state index contributed by atoms with van der Waals surface area (Å²) >= 11 is 0. The average molecular weight is 378 g/mol. The minimum atomic E-state index is 0.672. The Bertz CT molecular complexity index is 619. The van der Waals surface area contributed by atoms with Crippen molar-refractivity contribution in [2.45, 2.75) is 90.4 Å². The molecular formula is C27H39N. The molecule has 0 spiro atoms. The van der Waals surface area contributed by atoms with Crippen molar-refractivity contribution in [3.8, 4) is 6.07 Å². The van der Waals surface area contributed by atoms with Crippen LogP contribution in [0.25, 0.3) is 0 Å². The monoisotopic (exact) mass is 377 g/mol. The third-order valence-electron chi connectivity index (χ3n) is 7.58. The van der Waals surface area contributed by atoms with Crippen molar-refractivity contribution in [3.05, 3.63) is 47.5 Å². The van der Waals surface area contributed by atoms with Gasteiger partial charge >= 0.3 is 0 Å². The first-order valence-corrected chi connectivity index (χ1v) is 11.9. The Hall–Kier alpha value is -1.55. The lowest BCUT2D eigenvalue weighted by molar-refractivity contribution is 0.151. The first kappa shape index (κ1) is 21.2. The summed E-state index contributed by atoms with van der Waals surface area (Å²) in [4.78, 5) is 0. The normalized spacial score (nSPS) is 28.3. The SMILES string of the molecule is CCc1ccc(CCCC[C@H]2CC[C@H]([C@H]3CC[C@H](C=CC#N)CC3)CC2)cc1. The second-order valence-electron chi connectivity index (χ2n) is 9.36. The van der Waals surface area contributed by atoms with Gasteiger partial charge in [0.25, 0.3) is 0 Å². The Labute approximate surface area is 173 Å². The summed E-state index contributed by atoms with van der Waals surface area (Å²) in [6.07, 6.45) is 21.8. The maximum Gasteiger partial charge on any atom is 0.0908 e. The molecule has 0 aliphatic heterocycles. The van der Waals surface area contributed by atoms with E-state index in [1.807, 2.05) is 0 Å². The Morgan fingerprint density at radius 2 is 1.46 bits per heavy atom. The molecule has 0 saturated heterocycles. The van der Waals surface area contributed by atoms with Crippen molar-refractivity contribution in [1.82, 2.24) is 0 Å². The van der Waals surface area contributed by atoms with E-state index in [4.69, 9.17) is 5.26 Å². The van der Waals surface area contributed by atoms with E-state index < -0.39 is 0 Å². The fraction of sp³-hybridized carbons (Fsp3) is 0.667. The van der Waals surface area contributed by atoms with E-state index in [0.717, 1.165) is 24.2 Å². The molecule has 0 radical (unpaired) electrons. The molecular weight excluding hydrogens is 338 g/mol. The van der Waals surface area contributed by atoms with Crippen LogP contribution in [-0.2, 0) is 12.8 Å². The Kier molecular flexibility index (Phi) is 8.66. The summed E-state index contributed by atoms with van der Waals surface area (Å²) in [5.74, 6) is 3.63. The van der Waals surface area contributed by atoms with Crippen molar-refractivity contribution < 1.29 is 0 Å². The van der Waals surface area contributed by atoms with E-state index >= 15 is 0 Å². The summed E-state index contributed by atoms with van der Waals surface area (Å²) < 4.78 is 0. The number of unbranched alkanes of at least 4 members (excludes halogenated alkanes) is 1. The van der Waals surface area contributed by atoms with Crippen molar-refractivity contribution in [2.24, 2.45) is 23.7 Å². The predicted molar refractivity (Wildman–Crippen MR) is 119 cm³/mol. The molecule has 0 heterocycles. The number of benzene rings is 1. The van der Waals surface area contributed by atoms with E-state index in [1.165, 1.54) is 88.2 Å². The van der Waals surface area contributed by atoms with Gasteiger partial charge in [0.1, 0.15) is 0 Å². The van der Waals surface area contributed by atoms with Gasteiger partial charge in [0.05, 0.1) is 6.07 Å². The van der Waals surface area contributed by atoms with Crippen LogP contribution in [-0.4, -0.2) is 0 Å². The van der Waals surface area contributed by atoms with Crippen LogP contribution < -0.4 is 0 Å². The Morgan fingerprint density at radius 1 is 0.857 bits per heavy atom. The molecule has 0 amide bonds. The summed E-state index contributed by atoms with van der Waals surface area (Å²) in [7, 11) is 0. The van der Waals surface area contributed by atoms with Crippen molar-refractivity contribution in [1.29, 1.82) is 5.26 Å². The standard InChI is InChI=1S/C27H39N/c1-2-22-9-11-23(12-10-22)6-3-4-7-24-13-17-26(18-14-24)27-19-15-25(16-20-27)8-5-21-28/h5,8-12,24-27H,2-4,6-7,13-20H2,1H3/t24-,25-,26-,27-. The average Bonchev–Trinajstić information content (AvgIpc) is 2.76. The van der Waals surface area contributed by atoms with Crippen LogP contribution in [0.3, 0.4) is 0 Å². The molecule has 0 atom stereocenters. The van der Waals surface area contributed by atoms with Gasteiger partial charge in [-0.25, -0.2) is 0 Å². The molecule has 1 aromatic carbocycles. The largest absolute Gasteiger partial charge is 0.193 e. The topological polar surface area (TPSA) is 23.8 Å². The van der Waals surface area contributed by atoms with Crippen LogP contribution in [0.4, 0.5) is 0 Å². The van der Waals surface area contributed by atoms with Crippen LogP contribution in [0.15, 0.2) is 36.4 Å². The molecule has 1 nitrogen and oxygen atoms in total. The van der Waals surface area contributed by atoms with E-state index in [-0.39, 0.29) is 0 Å². The minimum Gasteiger partial charge on any atom is -0.193 e. The molecule has 2 saturated carbocycles. The lowest BCUT2D eigenvalue weighted by atomic mass is 9.68. The summed E-state index contributed by atoms with van der Waals surface area (Å²) in [6, 6.07) is 11.4. The summed E-state index contributed by atoms with van der Waals surface area (Å²) in [5, 5.41) is 8.70. The summed E-state index contributed by atoms with van der Waals surface area (Å²) in [6.45, 7) is 2.23. The number of allylic oxidation sites excluding steroid dienone is 2. The van der Waals surface area contributed by atoms with Crippen molar-refractivity contribution in [2.75, 3.05) is 0 Å². The lowest BCUT2D eigenvalue weighted by Gasteiger charge is -2.37. The molecule has 2 aliphatic rings. The van der Waals surface area contributed by atoms with Crippen LogP contribution in [0.1, 0.15) is 88.7 Å². The van der Waals surface area contributed by atoms with E-state index in [1.54, 1.807) is 6.08 Å².